The second-order valence-corrected chi connectivity index (χ2v) is 13.2. The van der Waals surface area contributed by atoms with Crippen LogP contribution in [0.25, 0.3) is 0 Å². The van der Waals surface area contributed by atoms with E-state index in [0.29, 0.717) is 18.4 Å². The molecule has 1 aliphatic heterocycles. The minimum atomic E-state index is -4.91. The van der Waals surface area contributed by atoms with Crippen molar-refractivity contribution in [2.75, 3.05) is 13.1 Å². The lowest BCUT2D eigenvalue weighted by Crippen LogP contribution is -2.60. The van der Waals surface area contributed by atoms with Crippen LogP contribution in [0.2, 0.25) is 0 Å². The monoisotopic (exact) mass is 534 g/mol. The lowest BCUT2D eigenvalue weighted by molar-refractivity contribution is -0.171. The van der Waals surface area contributed by atoms with Gasteiger partial charge in [-0.25, -0.2) is 17.2 Å². The van der Waals surface area contributed by atoms with Crippen molar-refractivity contribution < 1.29 is 40.0 Å². The fourth-order valence-corrected chi connectivity index (χ4v) is 7.30. The lowest BCUT2D eigenvalue weighted by atomic mass is 9.92. The maximum absolute atomic E-state index is 13.9. The van der Waals surface area contributed by atoms with Gasteiger partial charge in [-0.2, -0.15) is 13.2 Å². The second-order valence-electron chi connectivity index (χ2n) is 11.0. The Hall–Kier alpha value is -2.24. The van der Waals surface area contributed by atoms with Crippen LogP contribution in [0.15, 0.2) is 23.1 Å². The zero-order valence-corrected chi connectivity index (χ0v) is 20.4. The van der Waals surface area contributed by atoms with Crippen LogP contribution in [0.1, 0.15) is 62.5 Å². The third kappa shape index (κ3) is 4.72. The van der Waals surface area contributed by atoms with Gasteiger partial charge in [-0.1, -0.05) is 6.07 Å². The third-order valence-corrected chi connectivity index (χ3v) is 10.1. The number of carbonyl (C=O) groups excluding carboxylic acids is 2. The molecule has 0 aromatic heterocycles. The van der Waals surface area contributed by atoms with E-state index in [-0.39, 0.29) is 12.3 Å². The molecular weight excluding hydrogens is 507 g/mol. The Bertz CT molecular complexity index is 1200. The maximum atomic E-state index is 13.9. The highest BCUT2D eigenvalue weighted by Gasteiger charge is 2.55. The van der Waals surface area contributed by atoms with Gasteiger partial charge in [0.2, 0.25) is 11.8 Å². The van der Waals surface area contributed by atoms with Gasteiger partial charge in [0.25, 0.3) is 5.92 Å². The Balaban J connectivity index is 1.45. The number of nitrogens with zero attached hydrogens (tertiary/aromatic N) is 1. The van der Waals surface area contributed by atoms with Crippen molar-refractivity contribution in [1.29, 1.82) is 0 Å². The van der Waals surface area contributed by atoms with Crippen molar-refractivity contribution in [3.05, 3.63) is 29.3 Å². The van der Waals surface area contributed by atoms with Crippen LogP contribution in [0.5, 0.6) is 0 Å². The van der Waals surface area contributed by atoms with E-state index in [4.69, 9.17) is 0 Å². The topological polar surface area (TPSA) is 83.5 Å². The molecule has 3 unspecified atom stereocenters. The van der Waals surface area contributed by atoms with Crippen LogP contribution >= 0.6 is 0 Å². The summed E-state index contributed by atoms with van der Waals surface area (Å²) in [6, 6.07) is 3.23. The van der Waals surface area contributed by atoms with Crippen molar-refractivity contribution in [2.45, 2.75) is 79.1 Å². The third-order valence-electron chi connectivity index (χ3n) is 7.86. The second kappa shape index (κ2) is 8.13. The normalized spacial score (nSPS) is 28.9. The van der Waals surface area contributed by atoms with Gasteiger partial charge in [-0.05, 0) is 69.1 Å². The number of carbonyl (C=O) groups is 2. The number of amides is 2. The predicted octanol–water partition coefficient (Wildman–Crippen LogP) is 3.90. The Morgan fingerprint density at radius 1 is 1.06 bits per heavy atom. The molecule has 3 saturated carbocycles. The van der Waals surface area contributed by atoms with E-state index in [1.165, 1.54) is 6.07 Å². The molecule has 1 heterocycles. The number of nitrogens with one attached hydrogen (secondary N) is 1. The Labute approximate surface area is 205 Å². The van der Waals surface area contributed by atoms with Gasteiger partial charge >= 0.3 is 6.18 Å². The van der Waals surface area contributed by atoms with Gasteiger partial charge in [-0.3, -0.25) is 9.59 Å². The molecule has 2 amide bonds. The number of hydrogen-bond acceptors (Lipinski definition) is 4. The summed E-state index contributed by atoms with van der Waals surface area (Å²) in [6.07, 6.45) is -2.80. The summed E-state index contributed by atoms with van der Waals surface area (Å²) in [5.41, 5.74) is -1.31. The number of sulfone groups is 1. The molecule has 1 N–H and O–H groups in total. The van der Waals surface area contributed by atoms with E-state index in [0.717, 1.165) is 29.9 Å². The molecular formula is C24H27F5N2O4S. The molecule has 6 nitrogen and oxygen atoms in total. The Morgan fingerprint density at radius 3 is 2.19 bits per heavy atom. The summed E-state index contributed by atoms with van der Waals surface area (Å²) < 4.78 is 95.5. The number of halogens is 5. The van der Waals surface area contributed by atoms with Gasteiger partial charge < -0.3 is 10.2 Å². The fraction of sp³-hybridized carbons (Fsp3) is 0.667. The zero-order chi connectivity index (χ0) is 26.3. The highest BCUT2D eigenvalue weighted by atomic mass is 32.2. The standard InChI is InChI=1S/C24H27F5N2O4S/c1-22(6-7-22)30-20(32)16-9-15(10-17(16)21(33)31-11-23(25,26)12-31)36(34,35)19-5-4-14(13-2-3-13)8-18(19)24(27,28)29/h4-5,8,13,15-17H,2-3,6-7,9-12H2,1H3,(H,30,32). The van der Waals surface area contributed by atoms with E-state index in [2.05, 4.69) is 5.32 Å². The van der Waals surface area contributed by atoms with E-state index < -0.39 is 86.3 Å². The predicted molar refractivity (Wildman–Crippen MR) is 118 cm³/mol. The van der Waals surface area contributed by atoms with Crippen molar-refractivity contribution in [2.24, 2.45) is 11.8 Å². The van der Waals surface area contributed by atoms with Crippen LogP contribution in [0.3, 0.4) is 0 Å². The molecule has 3 aliphatic carbocycles. The number of rotatable bonds is 6. The summed E-state index contributed by atoms with van der Waals surface area (Å²) in [4.78, 5) is 26.0. The largest absolute Gasteiger partial charge is 0.417 e. The van der Waals surface area contributed by atoms with E-state index >= 15 is 0 Å². The van der Waals surface area contributed by atoms with E-state index in [1.54, 1.807) is 6.92 Å². The van der Waals surface area contributed by atoms with Gasteiger partial charge in [0.15, 0.2) is 9.84 Å². The number of likely N-dealkylation sites (tertiary alicyclic amines) is 1. The molecule has 0 spiro atoms. The summed E-state index contributed by atoms with van der Waals surface area (Å²) >= 11 is 0. The SMILES string of the molecule is CC1(NC(=O)C2CC(S(=O)(=O)c3ccc(C4CC4)cc3C(F)(F)F)CC2C(=O)N2CC(F)(F)C2)CC1. The smallest absolute Gasteiger partial charge is 0.351 e. The summed E-state index contributed by atoms with van der Waals surface area (Å²) in [6.45, 7) is 0.136. The number of hydrogen-bond donors (Lipinski definition) is 1. The van der Waals surface area contributed by atoms with Crippen molar-refractivity contribution >= 4 is 21.7 Å². The van der Waals surface area contributed by atoms with Crippen LogP contribution < -0.4 is 5.32 Å². The highest BCUT2D eigenvalue weighted by Crippen LogP contribution is 2.47. The van der Waals surface area contributed by atoms with E-state index in [1.807, 2.05) is 0 Å². The zero-order valence-electron chi connectivity index (χ0n) is 19.6. The number of benzene rings is 1. The molecule has 0 radical (unpaired) electrons. The van der Waals surface area contributed by atoms with Gasteiger partial charge in [0.05, 0.1) is 40.6 Å². The van der Waals surface area contributed by atoms with Crippen molar-refractivity contribution in [3.8, 4) is 0 Å². The average molecular weight is 535 g/mol. The van der Waals surface area contributed by atoms with Gasteiger partial charge in [0, 0.05) is 5.54 Å². The van der Waals surface area contributed by atoms with Crippen LogP contribution in [0, 0.1) is 11.8 Å². The van der Waals surface area contributed by atoms with Crippen LogP contribution in [-0.4, -0.2) is 54.9 Å². The summed E-state index contributed by atoms with van der Waals surface area (Å²) in [7, 11) is -4.59. The minimum absolute atomic E-state index is 0.0251. The Morgan fingerprint density at radius 2 is 1.67 bits per heavy atom. The molecule has 4 fully saturated rings. The van der Waals surface area contributed by atoms with Crippen molar-refractivity contribution in [1.82, 2.24) is 10.2 Å². The minimum Gasteiger partial charge on any atom is -0.351 e. The molecule has 3 atom stereocenters. The first-order valence-corrected chi connectivity index (χ1v) is 13.6. The number of alkyl halides is 5. The molecule has 0 bridgehead atoms. The van der Waals surface area contributed by atoms with Gasteiger partial charge in [-0.15, -0.1) is 0 Å². The van der Waals surface area contributed by atoms with E-state index in [9.17, 15) is 40.0 Å². The maximum Gasteiger partial charge on any atom is 0.417 e. The highest BCUT2D eigenvalue weighted by molar-refractivity contribution is 7.92. The molecule has 1 aromatic rings. The van der Waals surface area contributed by atoms with Crippen LogP contribution in [-0.2, 0) is 25.6 Å². The molecule has 36 heavy (non-hydrogen) atoms. The average Bonchev–Trinajstić information content (AvgIpc) is 3.68. The first-order valence-electron chi connectivity index (χ1n) is 12.0. The molecule has 198 valence electrons. The van der Waals surface area contributed by atoms with Crippen molar-refractivity contribution in [3.63, 3.8) is 0 Å². The Kier molecular flexibility index (Phi) is 5.74. The molecule has 1 aromatic carbocycles. The summed E-state index contributed by atoms with van der Waals surface area (Å²) in [5, 5.41) is 1.36. The quantitative estimate of drug-likeness (QED) is 0.562. The lowest BCUT2D eigenvalue weighted by Gasteiger charge is -2.40. The molecule has 4 aliphatic rings. The molecule has 12 heteroatoms. The summed E-state index contributed by atoms with van der Waals surface area (Å²) in [5.74, 6) is -6.75. The first kappa shape index (κ1) is 25.4. The van der Waals surface area contributed by atoms with Gasteiger partial charge in [0.1, 0.15) is 0 Å². The van der Waals surface area contributed by atoms with Crippen LogP contribution in [0.4, 0.5) is 22.0 Å². The molecule has 1 saturated heterocycles. The fourth-order valence-electron chi connectivity index (χ4n) is 5.28. The molecule has 5 rings (SSSR count). The first-order chi connectivity index (χ1) is 16.6.